The number of aryl methyl sites for hydroxylation is 1. The number of carbonyl (C=O) groups is 1. The number of alkyl halides is 1. The molecule has 2 rings (SSSR count). The van der Waals surface area contributed by atoms with E-state index in [0.717, 1.165) is 11.1 Å². The van der Waals surface area contributed by atoms with Gasteiger partial charge in [-0.3, -0.25) is 13.9 Å². The number of hydrogen-bond acceptors (Lipinski definition) is 3. The van der Waals surface area contributed by atoms with Crippen molar-refractivity contribution in [3.63, 3.8) is 0 Å². The highest BCUT2D eigenvalue weighted by atomic mass is 32.2. The van der Waals surface area contributed by atoms with E-state index in [4.69, 9.17) is 5.14 Å². The highest BCUT2D eigenvalue weighted by Crippen LogP contribution is 2.34. The van der Waals surface area contributed by atoms with Gasteiger partial charge in [0.1, 0.15) is 5.78 Å². The van der Waals surface area contributed by atoms with Crippen molar-refractivity contribution in [3.8, 4) is 0 Å². The Kier molecular flexibility index (Phi) is 4.39. The van der Waals surface area contributed by atoms with Crippen molar-refractivity contribution in [1.82, 2.24) is 0 Å². The molecule has 0 unspecified atom stereocenters. The zero-order valence-corrected chi connectivity index (χ0v) is 11.7. The van der Waals surface area contributed by atoms with Crippen molar-refractivity contribution in [2.24, 2.45) is 5.14 Å². The van der Waals surface area contributed by atoms with Crippen molar-refractivity contribution >= 4 is 21.7 Å². The molecule has 1 aromatic rings. The van der Waals surface area contributed by atoms with Crippen LogP contribution in [0.25, 0.3) is 0 Å². The number of nitrogens with two attached hydrogens (primary N) is 1. The zero-order valence-electron chi connectivity index (χ0n) is 10.9. The molecule has 0 saturated heterocycles. The van der Waals surface area contributed by atoms with Crippen LogP contribution in [0.1, 0.15) is 36.3 Å². The van der Waals surface area contributed by atoms with Gasteiger partial charge in [-0.2, -0.15) is 8.42 Å². The van der Waals surface area contributed by atoms with Crippen molar-refractivity contribution in [2.45, 2.75) is 31.6 Å². The van der Waals surface area contributed by atoms with Gasteiger partial charge in [-0.25, -0.2) is 5.14 Å². The van der Waals surface area contributed by atoms with Crippen LogP contribution in [-0.2, 0) is 21.4 Å². The Morgan fingerprint density at radius 1 is 1.35 bits per heavy atom. The number of rotatable bonds is 5. The highest BCUT2D eigenvalue weighted by molar-refractivity contribution is 7.90. The number of hydrogen-bond donors (Lipinski definition) is 2. The average molecular weight is 300 g/mol. The highest BCUT2D eigenvalue weighted by Gasteiger charge is 2.27. The van der Waals surface area contributed by atoms with E-state index in [0.29, 0.717) is 31.4 Å². The summed E-state index contributed by atoms with van der Waals surface area (Å²) < 4.78 is 36.5. The van der Waals surface area contributed by atoms with Gasteiger partial charge < -0.3 is 0 Å². The summed E-state index contributed by atoms with van der Waals surface area (Å²) in [5, 5.41) is 4.92. The predicted octanol–water partition coefficient (Wildman–Crippen LogP) is 1.65. The smallest absolute Gasteiger partial charge is 0.296 e. The van der Waals surface area contributed by atoms with Crippen LogP contribution in [0, 0.1) is 0 Å². The maximum atomic E-state index is 12.3. The Balaban J connectivity index is 2.28. The number of anilines is 1. The quantitative estimate of drug-likeness (QED) is 0.866. The average Bonchev–Trinajstić information content (AvgIpc) is 2.36. The lowest BCUT2D eigenvalue weighted by Crippen LogP contribution is -2.23. The first kappa shape index (κ1) is 14.9. The monoisotopic (exact) mass is 300 g/mol. The molecule has 1 aliphatic rings. The third-order valence-electron chi connectivity index (χ3n) is 3.43. The summed E-state index contributed by atoms with van der Waals surface area (Å²) in [4.78, 5) is 11.9. The van der Waals surface area contributed by atoms with Crippen molar-refractivity contribution < 1.29 is 17.6 Å². The lowest BCUT2D eigenvalue weighted by Gasteiger charge is -2.24. The largest absolute Gasteiger partial charge is 0.299 e. The maximum Gasteiger partial charge on any atom is 0.296 e. The molecule has 0 fully saturated rings. The topological polar surface area (TPSA) is 89.3 Å². The molecule has 1 aromatic carbocycles. The van der Waals surface area contributed by atoms with Crippen LogP contribution in [0.5, 0.6) is 0 Å². The second-order valence-electron chi connectivity index (χ2n) is 4.91. The second kappa shape index (κ2) is 5.88. The van der Waals surface area contributed by atoms with E-state index < -0.39 is 16.9 Å². The second-order valence-corrected chi connectivity index (χ2v) is 6.20. The van der Waals surface area contributed by atoms with Crippen molar-refractivity contribution in [1.29, 1.82) is 0 Å². The zero-order chi connectivity index (χ0) is 14.8. The molecule has 0 spiro atoms. The molecule has 0 heterocycles. The molecule has 0 aromatic heterocycles. The fourth-order valence-electron chi connectivity index (χ4n) is 2.59. The van der Waals surface area contributed by atoms with E-state index in [1.54, 1.807) is 18.2 Å². The summed E-state index contributed by atoms with van der Waals surface area (Å²) in [6.07, 6.45) is 1.82. The van der Waals surface area contributed by atoms with E-state index >= 15 is 0 Å². The summed E-state index contributed by atoms with van der Waals surface area (Å²) >= 11 is 0. The molecular formula is C13H17FN2O3S. The lowest BCUT2D eigenvalue weighted by atomic mass is 9.79. The standard InChI is InChI=1S/C13H17FN2O3S/c14-7-1-2-12-11-5-4-10(16-20(15,18)19)8-9(11)3-6-13(12)17/h4-5,8,12,16H,1-3,6-7H2,(H2,15,18,19)/t12-/m0/s1. The Morgan fingerprint density at radius 3 is 2.75 bits per heavy atom. The molecule has 0 bridgehead atoms. The molecule has 0 aliphatic heterocycles. The van der Waals surface area contributed by atoms with Crippen LogP contribution >= 0.6 is 0 Å². The Morgan fingerprint density at radius 2 is 2.10 bits per heavy atom. The Hall–Kier alpha value is -1.47. The van der Waals surface area contributed by atoms with Crippen LogP contribution < -0.4 is 9.86 Å². The fraction of sp³-hybridized carbons (Fsp3) is 0.462. The van der Waals surface area contributed by atoms with E-state index in [1.807, 2.05) is 0 Å². The number of fused-ring (bicyclic) bond motifs is 1. The number of carbonyl (C=O) groups excluding carboxylic acids is 1. The summed E-state index contributed by atoms with van der Waals surface area (Å²) in [5.74, 6) is -0.156. The number of Topliss-reactive ketones (excluding diaryl/α,β-unsaturated/α-hetero) is 1. The molecule has 0 amide bonds. The van der Waals surface area contributed by atoms with Gasteiger partial charge >= 0.3 is 0 Å². The van der Waals surface area contributed by atoms with Gasteiger partial charge in [-0.1, -0.05) is 6.07 Å². The summed E-state index contributed by atoms with van der Waals surface area (Å²) in [6, 6.07) is 4.99. The predicted molar refractivity (Wildman–Crippen MR) is 74.4 cm³/mol. The Labute approximate surface area is 117 Å². The molecule has 0 radical (unpaired) electrons. The van der Waals surface area contributed by atoms with Gasteiger partial charge in [0.2, 0.25) is 0 Å². The van der Waals surface area contributed by atoms with E-state index in [1.165, 1.54) is 0 Å². The minimum atomic E-state index is -3.81. The van der Waals surface area contributed by atoms with Crippen LogP contribution in [0.3, 0.4) is 0 Å². The van der Waals surface area contributed by atoms with Gasteiger partial charge in [0.15, 0.2) is 0 Å². The molecule has 1 aliphatic carbocycles. The lowest BCUT2D eigenvalue weighted by molar-refractivity contribution is -0.121. The van der Waals surface area contributed by atoms with Crippen molar-refractivity contribution in [2.75, 3.05) is 11.4 Å². The third-order valence-corrected chi connectivity index (χ3v) is 3.95. The van der Waals surface area contributed by atoms with Gasteiger partial charge in [-0.15, -0.1) is 0 Å². The maximum absolute atomic E-state index is 12.3. The molecule has 3 N–H and O–H groups in total. The minimum Gasteiger partial charge on any atom is -0.299 e. The number of nitrogens with one attached hydrogen (secondary N) is 1. The van der Waals surface area contributed by atoms with E-state index in [2.05, 4.69) is 4.72 Å². The molecule has 7 heteroatoms. The van der Waals surface area contributed by atoms with Crippen LogP contribution in [0.2, 0.25) is 0 Å². The minimum absolute atomic E-state index is 0.123. The van der Waals surface area contributed by atoms with E-state index in [9.17, 15) is 17.6 Å². The number of ketones is 1. The van der Waals surface area contributed by atoms with Crippen LogP contribution in [0.15, 0.2) is 18.2 Å². The van der Waals surface area contributed by atoms with Gasteiger partial charge in [0.05, 0.1) is 12.4 Å². The number of halogens is 1. The SMILES string of the molecule is NS(=O)(=O)Nc1ccc2c(c1)CCC(=O)[C@H]2CCCF. The molecular weight excluding hydrogens is 283 g/mol. The van der Waals surface area contributed by atoms with E-state index in [-0.39, 0.29) is 11.7 Å². The van der Waals surface area contributed by atoms with Crippen LogP contribution in [-0.4, -0.2) is 20.9 Å². The summed E-state index contributed by atoms with van der Waals surface area (Å²) in [5.41, 5.74) is 2.17. The fourth-order valence-corrected chi connectivity index (χ4v) is 3.05. The molecule has 5 nitrogen and oxygen atoms in total. The van der Waals surface area contributed by atoms with Crippen molar-refractivity contribution in [3.05, 3.63) is 29.3 Å². The van der Waals surface area contributed by atoms with Crippen LogP contribution in [0.4, 0.5) is 10.1 Å². The summed E-state index contributed by atoms with van der Waals surface area (Å²) in [7, 11) is -3.81. The summed E-state index contributed by atoms with van der Waals surface area (Å²) in [6.45, 7) is -0.440. The first-order valence-corrected chi connectivity index (χ1v) is 7.97. The molecule has 110 valence electrons. The number of benzene rings is 1. The third kappa shape index (κ3) is 3.55. The first-order chi connectivity index (χ1) is 9.40. The molecule has 1 atom stereocenters. The van der Waals surface area contributed by atoms with Gasteiger partial charge in [-0.05, 0) is 42.5 Å². The molecule has 20 heavy (non-hydrogen) atoms. The first-order valence-electron chi connectivity index (χ1n) is 6.43. The van der Waals surface area contributed by atoms with Gasteiger partial charge in [0, 0.05) is 12.3 Å². The molecule has 0 saturated carbocycles. The van der Waals surface area contributed by atoms with Gasteiger partial charge in [0.25, 0.3) is 10.2 Å². The Bertz CT molecular complexity index is 616. The normalized spacial score (nSPS) is 18.7.